The van der Waals surface area contributed by atoms with Crippen LogP contribution in [0, 0.1) is 5.41 Å². The van der Waals surface area contributed by atoms with E-state index in [9.17, 15) is 0 Å². The standard InChI is InChI=1S/C5H14As2/c1-5(2,3-6)4-7/h3-4,6-7H2,1-2H3. The van der Waals surface area contributed by atoms with E-state index in [4.69, 9.17) is 0 Å². The normalized spacial score (nSPS) is 12.0. The first-order valence-electron chi connectivity index (χ1n) is 2.52. The van der Waals surface area contributed by atoms with Gasteiger partial charge in [-0.3, -0.25) is 0 Å². The van der Waals surface area contributed by atoms with Gasteiger partial charge in [-0.05, 0) is 0 Å². The van der Waals surface area contributed by atoms with Crippen LogP contribution < -0.4 is 0 Å². The average Bonchev–Trinajstić information content (AvgIpc) is 1.68. The second-order valence-electron chi connectivity index (χ2n) is 2.57. The first kappa shape index (κ1) is 8.12. The minimum atomic E-state index is 0.639. The molecule has 0 aromatic carbocycles. The Balaban J connectivity index is 3.36. The molecule has 2 atom stereocenters. The van der Waals surface area contributed by atoms with Gasteiger partial charge >= 0.3 is 63.4 Å². The molecule has 0 radical (unpaired) electrons. The Hall–Kier alpha value is 1.12. The van der Waals surface area contributed by atoms with Crippen molar-refractivity contribution in [3.63, 3.8) is 0 Å². The van der Waals surface area contributed by atoms with Crippen molar-refractivity contribution in [3.8, 4) is 0 Å². The summed E-state index contributed by atoms with van der Waals surface area (Å²) in [6.07, 6.45) is 0. The van der Waals surface area contributed by atoms with E-state index >= 15 is 0 Å². The number of hydrogen-bond acceptors (Lipinski definition) is 0. The molecule has 0 aliphatic rings. The number of hydrogen-bond donors (Lipinski definition) is 0. The monoisotopic (exact) mass is 224 g/mol. The molecular weight excluding hydrogens is 210 g/mol. The Kier molecular flexibility index (Phi) is 3.71. The molecule has 0 rings (SSSR count). The molecule has 2 unspecified atom stereocenters. The summed E-state index contributed by atoms with van der Waals surface area (Å²) in [5.74, 6) is 0. The SMILES string of the molecule is CC(C)(C[AsH2])C[AsH2]. The third kappa shape index (κ3) is 3.68. The van der Waals surface area contributed by atoms with Crippen LogP contribution in [-0.4, -0.2) is 33.7 Å². The molecule has 0 aromatic heterocycles. The van der Waals surface area contributed by atoms with Crippen LogP contribution in [0.1, 0.15) is 13.8 Å². The Morgan fingerprint density at radius 2 is 1.43 bits per heavy atom. The zero-order valence-electron chi connectivity index (χ0n) is 5.07. The Labute approximate surface area is 63.4 Å². The van der Waals surface area contributed by atoms with E-state index in [0.717, 1.165) is 0 Å². The summed E-state index contributed by atoms with van der Waals surface area (Å²) >= 11 is 3.70. The molecule has 0 aromatic rings. The van der Waals surface area contributed by atoms with Crippen LogP contribution >= 0.6 is 0 Å². The minimum absolute atomic E-state index is 0.639. The zero-order valence-corrected chi connectivity index (χ0v) is 9.91. The molecule has 0 heterocycles. The van der Waals surface area contributed by atoms with E-state index in [0.29, 0.717) is 5.41 Å². The van der Waals surface area contributed by atoms with E-state index in [1.54, 1.807) is 0 Å². The molecule has 44 valence electrons. The van der Waals surface area contributed by atoms with Crippen molar-refractivity contribution in [2.75, 3.05) is 0 Å². The summed E-state index contributed by atoms with van der Waals surface area (Å²) in [5.41, 5.74) is 0.639. The maximum absolute atomic E-state index is 2.33. The average molecular weight is 224 g/mol. The van der Waals surface area contributed by atoms with Gasteiger partial charge in [-0.25, -0.2) is 0 Å². The van der Waals surface area contributed by atoms with Gasteiger partial charge in [0, 0.05) is 0 Å². The topological polar surface area (TPSA) is 0 Å². The van der Waals surface area contributed by atoms with E-state index in [2.05, 4.69) is 13.8 Å². The van der Waals surface area contributed by atoms with E-state index in [1.807, 2.05) is 33.7 Å². The molecule has 2 heteroatoms. The third-order valence-corrected chi connectivity index (χ3v) is 5.74. The van der Waals surface area contributed by atoms with E-state index in [-0.39, 0.29) is 0 Å². The molecule has 0 spiro atoms. The predicted octanol–water partition coefficient (Wildman–Crippen LogP) is 0.115. The van der Waals surface area contributed by atoms with Crippen molar-refractivity contribution in [1.29, 1.82) is 0 Å². The molecule has 0 bridgehead atoms. The molecule has 0 saturated carbocycles. The van der Waals surface area contributed by atoms with Gasteiger partial charge in [0.2, 0.25) is 0 Å². The number of rotatable bonds is 2. The summed E-state index contributed by atoms with van der Waals surface area (Å²) in [6, 6.07) is 0. The van der Waals surface area contributed by atoms with Crippen molar-refractivity contribution in [2.24, 2.45) is 5.41 Å². The van der Waals surface area contributed by atoms with Crippen LogP contribution in [0.5, 0.6) is 0 Å². The van der Waals surface area contributed by atoms with Crippen molar-refractivity contribution >= 4 is 33.7 Å². The molecule has 0 saturated heterocycles. The molecule has 0 nitrogen and oxygen atoms in total. The molecule has 0 aliphatic heterocycles. The third-order valence-electron chi connectivity index (χ3n) is 1.11. The van der Waals surface area contributed by atoms with Gasteiger partial charge < -0.3 is 0 Å². The van der Waals surface area contributed by atoms with Crippen molar-refractivity contribution in [1.82, 2.24) is 0 Å². The quantitative estimate of drug-likeness (QED) is 0.584. The second kappa shape index (κ2) is 3.20. The van der Waals surface area contributed by atoms with E-state index in [1.165, 1.54) is 10.4 Å². The second-order valence-corrected chi connectivity index (χ2v) is 4.29. The van der Waals surface area contributed by atoms with Crippen molar-refractivity contribution in [3.05, 3.63) is 0 Å². The maximum atomic E-state index is 2.33. The summed E-state index contributed by atoms with van der Waals surface area (Å²) in [4.78, 5) is 0. The Morgan fingerprint density at radius 1 is 1.14 bits per heavy atom. The van der Waals surface area contributed by atoms with E-state index < -0.39 is 0 Å². The fourth-order valence-corrected chi connectivity index (χ4v) is 2.25. The van der Waals surface area contributed by atoms with Gasteiger partial charge in [-0.1, -0.05) is 0 Å². The molecule has 0 aliphatic carbocycles. The van der Waals surface area contributed by atoms with Gasteiger partial charge in [0.25, 0.3) is 0 Å². The van der Waals surface area contributed by atoms with Crippen molar-refractivity contribution in [2.45, 2.75) is 24.3 Å². The van der Waals surface area contributed by atoms with Gasteiger partial charge in [0.05, 0.1) is 0 Å². The Morgan fingerprint density at radius 3 is 1.43 bits per heavy atom. The molecule has 7 heavy (non-hydrogen) atoms. The van der Waals surface area contributed by atoms with Gasteiger partial charge in [0.1, 0.15) is 0 Å². The van der Waals surface area contributed by atoms with Gasteiger partial charge in [-0.2, -0.15) is 0 Å². The summed E-state index contributed by atoms with van der Waals surface area (Å²) in [5, 5.41) is 2.75. The van der Waals surface area contributed by atoms with Crippen LogP contribution in [0.4, 0.5) is 0 Å². The predicted molar refractivity (Wildman–Crippen MR) is 40.5 cm³/mol. The van der Waals surface area contributed by atoms with Crippen LogP contribution in [0.2, 0.25) is 10.4 Å². The molecule has 0 N–H and O–H groups in total. The molecule has 0 fully saturated rings. The summed E-state index contributed by atoms with van der Waals surface area (Å²) < 4.78 is 0. The first-order valence-corrected chi connectivity index (χ1v) is 5.95. The Bertz CT molecular complexity index is 44.0. The fraction of sp³-hybridized carbons (Fsp3) is 1.00. The summed E-state index contributed by atoms with van der Waals surface area (Å²) in [7, 11) is 0. The fourth-order valence-electron chi connectivity index (χ4n) is 0.0833. The van der Waals surface area contributed by atoms with Crippen molar-refractivity contribution < 1.29 is 0 Å². The van der Waals surface area contributed by atoms with Gasteiger partial charge in [0.15, 0.2) is 0 Å². The molecular formula is C5H14As2. The molecule has 0 amide bonds. The zero-order chi connectivity index (χ0) is 5.91. The first-order chi connectivity index (χ1) is 3.12. The van der Waals surface area contributed by atoms with Crippen LogP contribution in [-0.2, 0) is 0 Å². The van der Waals surface area contributed by atoms with Crippen LogP contribution in [0.25, 0.3) is 0 Å². The van der Waals surface area contributed by atoms with Gasteiger partial charge in [-0.15, -0.1) is 0 Å². The summed E-state index contributed by atoms with van der Waals surface area (Å²) in [6.45, 7) is 4.66. The van der Waals surface area contributed by atoms with Crippen LogP contribution in [0.3, 0.4) is 0 Å². The van der Waals surface area contributed by atoms with Crippen LogP contribution in [0.15, 0.2) is 0 Å².